The number of hydrogen-bond acceptors (Lipinski definition) is 6. The molecular formula is C23H22Cl4N4O3. The summed E-state index contributed by atoms with van der Waals surface area (Å²) in [6.07, 6.45) is 1.54. The van der Waals surface area contributed by atoms with E-state index in [1.54, 1.807) is 36.4 Å². The maximum atomic E-state index is 12.7. The summed E-state index contributed by atoms with van der Waals surface area (Å²) in [6.45, 7) is 3.76. The highest BCUT2D eigenvalue weighted by molar-refractivity contribution is 6.54. The number of pyridine rings is 1. The second-order valence-electron chi connectivity index (χ2n) is 7.85. The zero-order chi connectivity index (χ0) is 25.0. The molecular weight excluding hydrogens is 522 g/mol. The number of rotatable bonds is 9. The Morgan fingerprint density at radius 1 is 1.09 bits per heavy atom. The zero-order valence-corrected chi connectivity index (χ0v) is 21.4. The zero-order valence-electron chi connectivity index (χ0n) is 18.3. The van der Waals surface area contributed by atoms with Crippen LogP contribution in [0.15, 0.2) is 47.1 Å². The summed E-state index contributed by atoms with van der Waals surface area (Å²) in [4.78, 5) is 29.4. The Kier molecular flexibility index (Phi) is 8.95. The lowest BCUT2D eigenvalue weighted by Crippen LogP contribution is -2.40. The van der Waals surface area contributed by atoms with Crippen LogP contribution in [0, 0.1) is 5.92 Å². The number of amides is 1. The van der Waals surface area contributed by atoms with Crippen molar-refractivity contribution in [3.63, 3.8) is 0 Å². The van der Waals surface area contributed by atoms with Gasteiger partial charge in [-0.15, -0.1) is 0 Å². The Bertz CT molecular complexity index is 1160. The maximum Gasteiger partial charge on any atom is 0.260 e. The van der Waals surface area contributed by atoms with Crippen LogP contribution in [0.1, 0.15) is 20.3 Å². The first-order valence-corrected chi connectivity index (χ1v) is 12.0. The molecule has 0 aliphatic carbocycles. The van der Waals surface area contributed by atoms with Gasteiger partial charge in [-0.2, -0.15) is 0 Å². The van der Waals surface area contributed by atoms with Crippen molar-refractivity contribution in [3.05, 3.63) is 52.6 Å². The van der Waals surface area contributed by atoms with Crippen molar-refractivity contribution >= 4 is 63.8 Å². The predicted molar refractivity (Wildman–Crippen MR) is 135 cm³/mol. The third kappa shape index (κ3) is 6.09. The molecule has 2 N–H and O–H groups in total. The van der Waals surface area contributed by atoms with Crippen molar-refractivity contribution in [1.29, 1.82) is 0 Å². The van der Waals surface area contributed by atoms with Gasteiger partial charge >= 0.3 is 0 Å². The van der Waals surface area contributed by atoms with Crippen LogP contribution in [0.2, 0.25) is 10.0 Å². The van der Waals surface area contributed by atoms with Gasteiger partial charge in [0.25, 0.3) is 5.91 Å². The van der Waals surface area contributed by atoms with Crippen molar-refractivity contribution < 1.29 is 14.1 Å². The lowest BCUT2D eigenvalue weighted by Gasteiger charge is -2.24. The van der Waals surface area contributed by atoms with Crippen molar-refractivity contribution in [1.82, 2.24) is 10.1 Å². The Labute approximate surface area is 217 Å². The summed E-state index contributed by atoms with van der Waals surface area (Å²) in [7, 11) is 0. The Balaban J connectivity index is 1.90. The first-order valence-electron chi connectivity index (χ1n) is 10.4. The molecule has 180 valence electrons. The monoisotopic (exact) mass is 542 g/mol. The molecule has 0 bridgehead atoms. The minimum atomic E-state index is -1.32. The average molecular weight is 544 g/mol. The second-order valence-corrected chi connectivity index (χ2v) is 9.76. The summed E-state index contributed by atoms with van der Waals surface area (Å²) in [5.74, 6) is -0.441. The summed E-state index contributed by atoms with van der Waals surface area (Å²) < 4.78 is 5.46. The lowest BCUT2D eigenvalue weighted by atomic mass is 9.99. The molecule has 0 aliphatic heterocycles. The van der Waals surface area contributed by atoms with Gasteiger partial charge in [0.15, 0.2) is 16.4 Å². The molecule has 1 aromatic carbocycles. The van der Waals surface area contributed by atoms with Crippen LogP contribution in [0.5, 0.6) is 0 Å². The number of anilines is 1. The quantitative estimate of drug-likeness (QED) is 0.343. The van der Waals surface area contributed by atoms with Crippen LogP contribution in [-0.2, 0) is 9.59 Å². The van der Waals surface area contributed by atoms with Crippen LogP contribution in [0.25, 0.3) is 22.7 Å². The largest absolute Gasteiger partial charge is 0.354 e. The SMILES string of the molecule is CC(C)C(N)C(=O)CCN(C(=O)C(Cl)Cl)c1ccnc(-c2cc(-c3c(Cl)cccc3Cl)no2)c1. The molecule has 0 aliphatic rings. The number of aromatic nitrogens is 2. The number of Topliss-reactive ketones (excluding diaryl/α,β-unsaturated/α-hetero) is 1. The Morgan fingerprint density at radius 3 is 2.38 bits per heavy atom. The number of carbonyl (C=O) groups excluding carboxylic acids is 2. The molecule has 2 heterocycles. The minimum Gasteiger partial charge on any atom is -0.354 e. The van der Waals surface area contributed by atoms with E-state index in [-0.39, 0.29) is 24.7 Å². The summed E-state index contributed by atoms with van der Waals surface area (Å²) in [5, 5.41) is 4.90. The molecule has 0 radical (unpaired) electrons. The number of nitrogens with two attached hydrogens (primary N) is 1. The number of carbonyl (C=O) groups is 2. The molecule has 2 aromatic heterocycles. The van der Waals surface area contributed by atoms with E-state index in [4.69, 9.17) is 56.7 Å². The standard InChI is InChI=1S/C23H22Cl4N4O3/c1-12(2)21(28)18(32)7-9-31(23(33)22(26)27)13-6-8-29-16(10-13)19-11-17(30-34-19)20-14(24)4-3-5-15(20)25/h3-6,8,10-12,21-22H,7,9,28H2,1-2H3. The number of alkyl halides is 2. The van der Waals surface area contributed by atoms with E-state index in [2.05, 4.69) is 10.1 Å². The number of hydrogen-bond donors (Lipinski definition) is 1. The van der Waals surface area contributed by atoms with Crippen LogP contribution in [-0.4, -0.2) is 39.3 Å². The van der Waals surface area contributed by atoms with Crippen molar-refractivity contribution in [2.75, 3.05) is 11.4 Å². The van der Waals surface area contributed by atoms with E-state index in [0.29, 0.717) is 38.4 Å². The number of benzene rings is 1. The fourth-order valence-electron chi connectivity index (χ4n) is 3.22. The molecule has 7 nitrogen and oxygen atoms in total. The number of ketones is 1. The van der Waals surface area contributed by atoms with Gasteiger partial charge in [-0.25, -0.2) is 0 Å². The van der Waals surface area contributed by atoms with Gasteiger partial charge < -0.3 is 15.2 Å². The average Bonchev–Trinajstić information content (AvgIpc) is 3.28. The van der Waals surface area contributed by atoms with Gasteiger partial charge in [-0.05, 0) is 30.2 Å². The molecule has 1 unspecified atom stereocenters. The van der Waals surface area contributed by atoms with E-state index < -0.39 is 16.8 Å². The van der Waals surface area contributed by atoms with E-state index in [0.717, 1.165) is 0 Å². The topological polar surface area (TPSA) is 102 Å². The molecule has 34 heavy (non-hydrogen) atoms. The van der Waals surface area contributed by atoms with Gasteiger partial charge in [0.2, 0.25) is 0 Å². The van der Waals surface area contributed by atoms with E-state index in [1.165, 1.54) is 11.1 Å². The number of halogens is 4. The maximum absolute atomic E-state index is 12.7. The highest BCUT2D eigenvalue weighted by Gasteiger charge is 2.25. The summed E-state index contributed by atoms with van der Waals surface area (Å²) in [5.41, 5.74) is 7.72. The van der Waals surface area contributed by atoms with Gasteiger partial charge in [-0.1, -0.05) is 71.5 Å². The molecule has 0 fully saturated rings. The van der Waals surface area contributed by atoms with E-state index >= 15 is 0 Å². The smallest absolute Gasteiger partial charge is 0.260 e. The molecule has 11 heteroatoms. The van der Waals surface area contributed by atoms with Crippen molar-refractivity contribution in [2.45, 2.75) is 31.1 Å². The fraction of sp³-hybridized carbons (Fsp3) is 0.304. The van der Waals surface area contributed by atoms with Crippen LogP contribution in [0.3, 0.4) is 0 Å². The third-order valence-corrected chi connectivity index (χ3v) is 6.16. The first kappa shape index (κ1) is 26.4. The Morgan fingerprint density at radius 2 is 1.76 bits per heavy atom. The van der Waals surface area contributed by atoms with Gasteiger partial charge in [0.1, 0.15) is 11.4 Å². The highest BCUT2D eigenvalue weighted by atomic mass is 35.5. The highest BCUT2D eigenvalue weighted by Crippen LogP contribution is 2.36. The number of nitrogens with zero attached hydrogens (tertiary/aromatic N) is 3. The van der Waals surface area contributed by atoms with Gasteiger partial charge in [0.05, 0.1) is 16.1 Å². The molecule has 3 aromatic rings. The lowest BCUT2D eigenvalue weighted by molar-refractivity contribution is -0.121. The van der Waals surface area contributed by atoms with Crippen molar-refractivity contribution in [3.8, 4) is 22.7 Å². The van der Waals surface area contributed by atoms with Crippen LogP contribution >= 0.6 is 46.4 Å². The van der Waals surface area contributed by atoms with E-state index in [1.807, 2.05) is 13.8 Å². The fourth-order valence-corrected chi connectivity index (χ4v) is 4.05. The van der Waals surface area contributed by atoms with Gasteiger partial charge in [-0.3, -0.25) is 14.6 Å². The molecule has 3 rings (SSSR count). The second kappa shape index (κ2) is 11.5. The molecule has 0 spiro atoms. The van der Waals surface area contributed by atoms with Crippen LogP contribution in [0.4, 0.5) is 5.69 Å². The third-order valence-electron chi connectivity index (χ3n) is 5.16. The summed E-state index contributed by atoms with van der Waals surface area (Å²) >= 11 is 24.2. The molecule has 1 atom stereocenters. The molecule has 0 saturated heterocycles. The molecule has 0 saturated carbocycles. The normalized spacial score (nSPS) is 12.3. The summed E-state index contributed by atoms with van der Waals surface area (Å²) in [6, 6.07) is 9.35. The van der Waals surface area contributed by atoms with E-state index in [9.17, 15) is 9.59 Å². The van der Waals surface area contributed by atoms with Crippen molar-refractivity contribution in [2.24, 2.45) is 11.7 Å². The van der Waals surface area contributed by atoms with Crippen LogP contribution < -0.4 is 10.6 Å². The minimum absolute atomic E-state index is 0.0229. The van der Waals surface area contributed by atoms with Gasteiger partial charge in [0, 0.05) is 36.5 Å². The molecule has 1 amide bonds. The predicted octanol–water partition coefficient (Wildman–Crippen LogP) is 5.79. The first-order chi connectivity index (χ1) is 16.1. The Hall–Kier alpha value is -2.16.